The molecule has 2 heterocycles. The number of nitrogens with two attached hydrogens (primary N) is 1. The quantitative estimate of drug-likeness (QED) is 0.589. The molecule has 0 aliphatic rings. The van der Waals surface area contributed by atoms with Crippen molar-refractivity contribution in [1.82, 2.24) is 14.9 Å². The molecule has 3 aromatic rings. The maximum Gasteiger partial charge on any atom is 0.218 e. The number of rotatable bonds is 4. The maximum atomic E-state index is 13.7. The van der Waals surface area contributed by atoms with Crippen LogP contribution in [0.25, 0.3) is 11.6 Å². The van der Waals surface area contributed by atoms with E-state index < -0.39 is 0 Å². The molecule has 0 atom stereocenters. The van der Waals surface area contributed by atoms with Crippen LogP contribution in [0.5, 0.6) is 0 Å². The summed E-state index contributed by atoms with van der Waals surface area (Å²) in [5.74, 6) is 6.79. The number of nitrogens with zero attached hydrogens (tertiary/aromatic N) is 3. The Morgan fingerprint density at radius 3 is 2.86 bits per heavy atom. The van der Waals surface area contributed by atoms with Gasteiger partial charge in [0.15, 0.2) is 5.76 Å². The van der Waals surface area contributed by atoms with Crippen molar-refractivity contribution in [1.29, 1.82) is 0 Å². The van der Waals surface area contributed by atoms with Crippen molar-refractivity contribution in [2.24, 2.45) is 0 Å². The molecule has 0 amide bonds. The van der Waals surface area contributed by atoms with E-state index in [1.165, 1.54) is 28.8 Å². The molecule has 0 fully saturated rings. The first kappa shape index (κ1) is 14.0. The van der Waals surface area contributed by atoms with Gasteiger partial charge in [-0.2, -0.15) is 0 Å². The van der Waals surface area contributed by atoms with Gasteiger partial charge in [0, 0.05) is 16.3 Å². The standard InChI is InChI=1S/C13H10ClFN4OS/c14-9-3-1-4-10(15)8(9)7-21-13-18-17-12(19(13)16)11-5-2-6-20-11/h1-6H,7,16H2. The molecule has 5 nitrogen and oxygen atoms in total. The van der Waals surface area contributed by atoms with E-state index in [4.69, 9.17) is 21.9 Å². The summed E-state index contributed by atoms with van der Waals surface area (Å²) in [5.41, 5.74) is 0.409. The average Bonchev–Trinajstić information content (AvgIpc) is 3.08. The lowest BCUT2D eigenvalue weighted by molar-refractivity contribution is 0.574. The van der Waals surface area contributed by atoms with Crippen LogP contribution >= 0.6 is 23.4 Å². The third-order valence-corrected chi connectivity index (χ3v) is 4.14. The molecule has 0 aliphatic carbocycles. The van der Waals surface area contributed by atoms with E-state index in [1.807, 2.05) is 0 Å². The lowest BCUT2D eigenvalue weighted by Crippen LogP contribution is -2.11. The molecule has 0 saturated heterocycles. The monoisotopic (exact) mass is 324 g/mol. The van der Waals surface area contributed by atoms with Gasteiger partial charge in [0.1, 0.15) is 5.82 Å². The minimum atomic E-state index is -0.357. The van der Waals surface area contributed by atoms with Crippen LogP contribution in [0.15, 0.2) is 46.2 Å². The molecule has 2 aromatic heterocycles. The molecule has 0 bridgehead atoms. The van der Waals surface area contributed by atoms with Crippen LogP contribution in [0.2, 0.25) is 5.02 Å². The molecule has 0 radical (unpaired) electrons. The number of furan rings is 1. The Balaban J connectivity index is 1.81. The fourth-order valence-electron chi connectivity index (χ4n) is 1.76. The van der Waals surface area contributed by atoms with Crippen LogP contribution in [0.1, 0.15) is 5.56 Å². The van der Waals surface area contributed by atoms with Crippen molar-refractivity contribution in [2.45, 2.75) is 10.9 Å². The predicted octanol–water partition coefficient (Wildman–Crippen LogP) is 3.34. The topological polar surface area (TPSA) is 69.9 Å². The zero-order valence-corrected chi connectivity index (χ0v) is 12.2. The summed E-state index contributed by atoms with van der Waals surface area (Å²) in [5, 5.41) is 8.75. The Hall–Kier alpha value is -1.99. The van der Waals surface area contributed by atoms with E-state index in [0.717, 1.165) is 0 Å². The number of thioether (sulfide) groups is 1. The van der Waals surface area contributed by atoms with E-state index in [9.17, 15) is 4.39 Å². The van der Waals surface area contributed by atoms with E-state index in [-0.39, 0.29) is 5.82 Å². The van der Waals surface area contributed by atoms with E-state index in [2.05, 4.69) is 10.2 Å². The van der Waals surface area contributed by atoms with Crippen LogP contribution in [0.3, 0.4) is 0 Å². The largest absolute Gasteiger partial charge is 0.461 e. The molecule has 1 aromatic carbocycles. The molecule has 8 heteroatoms. The van der Waals surface area contributed by atoms with Crippen LogP contribution in [0, 0.1) is 5.82 Å². The fraction of sp³-hybridized carbons (Fsp3) is 0.0769. The van der Waals surface area contributed by atoms with Gasteiger partial charge < -0.3 is 10.3 Å². The van der Waals surface area contributed by atoms with Gasteiger partial charge in [-0.15, -0.1) is 10.2 Å². The van der Waals surface area contributed by atoms with Gasteiger partial charge in [-0.25, -0.2) is 9.07 Å². The SMILES string of the molecule is Nn1c(SCc2c(F)cccc2Cl)nnc1-c1ccco1. The molecular weight excluding hydrogens is 315 g/mol. The summed E-state index contributed by atoms with van der Waals surface area (Å²) in [6.45, 7) is 0. The molecule has 108 valence electrons. The molecular formula is C13H10ClFN4OS. The molecule has 21 heavy (non-hydrogen) atoms. The van der Waals surface area contributed by atoms with Crippen molar-refractivity contribution in [3.05, 3.63) is 53.0 Å². The zero-order chi connectivity index (χ0) is 14.8. The van der Waals surface area contributed by atoms with Crippen molar-refractivity contribution in [2.75, 3.05) is 5.84 Å². The number of nitrogen functional groups attached to an aromatic ring is 1. The fourth-order valence-corrected chi connectivity index (χ4v) is 2.96. The summed E-state index contributed by atoms with van der Waals surface area (Å²) in [4.78, 5) is 0. The minimum Gasteiger partial charge on any atom is -0.461 e. The summed E-state index contributed by atoms with van der Waals surface area (Å²) >= 11 is 7.22. The minimum absolute atomic E-state index is 0.305. The van der Waals surface area contributed by atoms with Crippen molar-refractivity contribution in [3.63, 3.8) is 0 Å². The summed E-state index contributed by atoms with van der Waals surface area (Å²) in [6.07, 6.45) is 1.52. The number of halogens is 2. The Morgan fingerprint density at radius 1 is 1.29 bits per heavy atom. The smallest absolute Gasteiger partial charge is 0.218 e. The highest BCUT2D eigenvalue weighted by molar-refractivity contribution is 7.98. The van der Waals surface area contributed by atoms with Gasteiger partial charge in [-0.3, -0.25) is 0 Å². The van der Waals surface area contributed by atoms with Crippen LogP contribution in [-0.2, 0) is 5.75 Å². The lowest BCUT2D eigenvalue weighted by Gasteiger charge is -2.05. The number of hydrogen-bond donors (Lipinski definition) is 1. The van der Waals surface area contributed by atoms with Gasteiger partial charge in [0.05, 0.1) is 6.26 Å². The summed E-state index contributed by atoms with van der Waals surface area (Å²) < 4.78 is 20.2. The van der Waals surface area contributed by atoms with Crippen LogP contribution < -0.4 is 5.84 Å². The maximum absolute atomic E-state index is 13.7. The highest BCUT2D eigenvalue weighted by atomic mass is 35.5. The van der Waals surface area contributed by atoms with Gasteiger partial charge >= 0.3 is 0 Å². The second-order valence-corrected chi connectivity index (χ2v) is 5.49. The number of hydrogen-bond acceptors (Lipinski definition) is 5. The van der Waals surface area contributed by atoms with E-state index in [0.29, 0.717) is 33.1 Å². The molecule has 0 spiro atoms. The second kappa shape index (κ2) is 5.79. The average molecular weight is 325 g/mol. The normalized spacial score (nSPS) is 11.0. The highest BCUT2D eigenvalue weighted by Gasteiger charge is 2.15. The summed E-state index contributed by atoms with van der Waals surface area (Å²) in [7, 11) is 0. The Kier molecular flexibility index (Phi) is 3.85. The lowest BCUT2D eigenvalue weighted by atomic mass is 10.2. The molecule has 0 saturated carbocycles. The van der Waals surface area contributed by atoms with Gasteiger partial charge in [0.2, 0.25) is 11.0 Å². The Labute approximate surface area is 128 Å². The summed E-state index contributed by atoms with van der Waals surface area (Å²) in [6, 6.07) is 8.03. The van der Waals surface area contributed by atoms with Crippen LogP contribution in [0.4, 0.5) is 4.39 Å². The highest BCUT2D eigenvalue weighted by Crippen LogP contribution is 2.28. The Morgan fingerprint density at radius 2 is 2.14 bits per heavy atom. The van der Waals surface area contributed by atoms with Gasteiger partial charge in [-0.1, -0.05) is 29.4 Å². The Bertz CT molecular complexity index is 739. The third-order valence-electron chi connectivity index (χ3n) is 2.81. The van der Waals surface area contributed by atoms with E-state index in [1.54, 1.807) is 24.3 Å². The third kappa shape index (κ3) is 2.74. The first-order valence-electron chi connectivity index (χ1n) is 5.97. The predicted molar refractivity (Wildman–Crippen MR) is 78.8 cm³/mol. The molecule has 3 rings (SSSR count). The molecule has 0 unspecified atom stereocenters. The zero-order valence-electron chi connectivity index (χ0n) is 10.7. The molecule has 2 N–H and O–H groups in total. The van der Waals surface area contributed by atoms with Gasteiger partial charge in [0.25, 0.3) is 0 Å². The number of aromatic nitrogens is 3. The van der Waals surface area contributed by atoms with Crippen molar-refractivity contribution >= 4 is 23.4 Å². The first-order valence-corrected chi connectivity index (χ1v) is 7.33. The number of benzene rings is 1. The van der Waals surface area contributed by atoms with E-state index >= 15 is 0 Å². The second-order valence-electron chi connectivity index (χ2n) is 4.14. The van der Waals surface area contributed by atoms with Crippen molar-refractivity contribution < 1.29 is 8.81 Å². The van der Waals surface area contributed by atoms with Crippen molar-refractivity contribution in [3.8, 4) is 11.6 Å². The first-order chi connectivity index (χ1) is 10.2. The van der Waals surface area contributed by atoms with Crippen LogP contribution in [-0.4, -0.2) is 14.9 Å². The van der Waals surface area contributed by atoms with Gasteiger partial charge in [-0.05, 0) is 24.3 Å². The molecule has 0 aliphatic heterocycles.